The van der Waals surface area contributed by atoms with Crippen LogP contribution in [0.2, 0.25) is 0 Å². The van der Waals surface area contributed by atoms with Crippen LogP contribution in [0.5, 0.6) is 0 Å². The molecular formula is C17H20N2O2. The van der Waals surface area contributed by atoms with Gasteiger partial charge in [0.1, 0.15) is 0 Å². The fourth-order valence-corrected chi connectivity index (χ4v) is 2.59. The fourth-order valence-electron chi connectivity index (χ4n) is 2.59. The second-order valence-corrected chi connectivity index (χ2v) is 5.81. The van der Waals surface area contributed by atoms with Gasteiger partial charge in [-0.25, -0.2) is 0 Å². The van der Waals surface area contributed by atoms with Crippen LogP contribution in [0, 0.1) is 5.92 Å². The molecule has 1 saturated carbocycles. The number of carbonyl (C=O) groups excluding carboxylic acids is 2. The standard InChI is InChI=1S/C17H20N2O2/c20-16(11-12-5-1-2-6-12)19-15-8-4-3-7-14(15)17(21)18-13-9-10-13/h1,3-5,7-8,12-13H,2,6,9-11H2,(H,18,21)(H,19,20)/t12-/m0/s1. The van der Waals surface area contributed by atoms with Crippen molar-refractivity contribution in [2.45, 2.75) is 38.1 Å². The lowest BCUT2D eigenvalue weighted by Gasteiger charge is -2.12. The third-order valence-electron chi connectivity index (χ3n) is 3.92. The minimum atomic E-state index is -0.103. The maximum absolute atomic E-state index is 12.2. The summed E-state index contributed by atoms with van der Waals surface area (Å²) in [6, 6.07) is 7.49. The van der Waals surface area contributed by atoms with E-state index in [1.165, 1.54) is 0 Å². The lowest BCUT2D eigenvalue weighted by Crippen LogP contribution is -2.27. The summed E-state index contributed by atoms with van der Waals surface area (Å²) in [6.07, 6.45) is 8.90. The molecule has 0 unspecified atom stereocenters. The number of anilines is 1. The quantitative estimate of drug-likeness (QED) is 0.817. The summed E-state index contributed by atoms with van der Waals surface area (Å²) in [5, 5.41) is 5.83. The van der Waals surface area contributed by atoms with E-state index in [1.54, 1.807) is 12.1 Å². The average molecular weight is 284 g/mol. The van der Waals surface area contributed by atoms with E-state index in [9.17, 15) is 9.59 Å². The zero-order valence-electron chi connectivity index (χ0n) is 12.0. The molecule has 2 aliphatic carbocycles. The van der Waals surface area contributed by atoms with Crippen molar-refractivity contribution in [3.63, 3.8) is 0 Å². The van der Waals surface area contributed by atoms with Gasteiger partial charge >= 0.3 is 0 Å². The summed E-state index contributed by atoms with van der Waals surface area (Å²) < 4.78 is 0. The van der Waals surface area contributed by atoms with E-state index in [1.807, 2.05) is 12.1 Å². The van der Waals surface area contributed by atoms with Crippen LogP contribution < -0.4 is 10.6 Å². The van der Waals surface area contributed by atoms with Crippen molar-refractivity contribution in [2.24, 2.45) is 5.92 Å². The van der Waals surface area contributed by atoms with Crippen LogP contribution in [0.3, 0.4) is 0 Å². The topological polar surface area (TPSA) is 58.2 Å². The lowest BCUT2D eigenvalue weighted by molar-refractivity contribution is -0.116. The molecule has 1 fully saturated rings. The summed E-state index contributed by atoms with van der Waals surface area (Å²) in [7, 11) is 0. The summed E-state index contributed by atoms with van der Waals surface area (Å²) in [4.78, 5) is 24.3. The number of rotatable bonds is 5. The number of amides is 2. The van der Waals surface area contributed by atoms with Crippen molar-refractivity contribution in [1.29, 1.82) is 0 Å². The predicted octanol–water partition coefficient (Wildman–Crippen LogP) is 2.87. The molecule has 0 bridgehead atoms. The zero-order chi connectivity index (χ0) is 14.7. The van der Waals surface area contributed by atoms with Crippen LogP contribution >= 0.6 is 0 Å². The van der Waals surface area contributed by atoms with Crippen molar-refractivity contribution >= 4 is 17.5 Å². The predicted molar refractivity (Wildman–Crippen MR) is 82.0 cm³/mol. The van der Waals surface area contributed by atoms with Gasteiger partial charge in [0.15, 0.2) is 0 Å². The number of nitrogens with one attached hydrogen (secondary N) is 2. The van der Waals surface area contributed by atoms with Crippen LogP contribution in [0.15, 0.2) is 36.4 Å². The Kier molecular flexibility index (Phi) is 4.04. The normalized spacial score (nSPS) is 20.3. The highest BCUT2D eigenvalue weighted by atomic mass is 16.2. The van der Waals surface area contributed by atoms with Crippen LogP contribution in [0.1, 0.15) is 42.5 Å². The van der Waals surface area contributed by atoms with Crippen molar-refractivity contribution in [3.05, 3.63) is 42.0 Å². The average Bonchev–Trinajstić information content (AvgIpc) is 3.13. The summed E-state index contributed by atoms with van der Waals surface area (Å²) in [6.45, 7) is 0. The maximum atomic E-state index is 12.2. The Morgan fingerprint density at radius 1 is 1.14 bits per heavy atom. The molecular weight excluding hydrogens is 264 g/mol. The first kappa shape index (κ1) is 13.9. The Morgan fingerprint density at radius 3 is 2.67 bits per heavy atom. The SMILES string of the molecule is O=C(C[C@H]1C=CCC1)Nc1ccccc1C(=O)NC1CC1. The second-order valence-electron chi connectivity index (χ2n) is 5.81. The molecule has 0 aliphatic heterocycles. The zero-order valence-corrected chi connectivity index (χ0v) is 12.0. The third-order valence-corrected chi connectivity index (χ3v) is 3.92. The van der Waals surface area contributed by atoms with E-state index in [0.717, 1.165) is 25.7 Å². The van der Waals surface area contributed by atoms with Gasteiger partial charge in [-0.05, 0) is 43.7 Å². The van der Waals surface area contributed by atoms with Gasteiger partial charge in [-0.2, -0.15) is 0 Å². The molecule has 110 valence electrons. The van der Waals surface area contributed by atoms with Gasteiger partial charge in [0.2, 0.25) is 5.91 Å². The Morgan fingerprint density at radius 2 is 1.95 bits per heavy atom. The molecule has 4 nitrogen and oxygen atoms in total. The van der Waals surface area contributed by atoms with Gasteiger partial charge in [0.25, 0.3) is 5.91 Å². The molecule has 1 aromatic carbocycles. The van der Waals surface area contributed by atoms with E-state index >= 15 is 0 Å². The van der Waals surface area contributed by atoms with Crippen molar-refractivity contribution in [3.8, 4) is 0 Å². The molecule has 0 heterocycles. The molecule has 21 heavy (non-hydrogen) atoms. The smallest absolute Gasteiger partial charge is 0.253 e. The Balaban J connectivity index is 1.64. The molecule has 1 aromatic rings. The van der Waals surface area contributed by atoms with Gasteiger partial charge < -0.3 is 10.6 Å². The molecule has 2 aliphatic rings. The first-order chi connectivity index (χ1) is 10.2. The van der Waals surface area contributed by atoms with Crippen LogP contribution in [-0.2, 0) is 4.79 Å². The van der Waals surface area contributed by atoms with Gasteiger partial charge in [-0.15, -0.1) is 0 Å². The summed E-state index contributed by atoms with van der Waals surface area (Å²) >= 11 is 0. The number of hydrogen-bond acceptors (Lipinski definition) is 2. The maximum Gasteiger partial charge on any atom is 0.253 e. The highest BCUT2D eigenvalue weighted by molar-refractivity contribution is 6.04. The van der Waals surface area contributed by atoms with Crippen LogP contribution in [0.25, 0.3) is 0 Å². The summed E-state index contributed by atoms with van der Waals surface area (Å²) in [5.74, 6) is 0.199. The Hall–Kier alpha value is -2.10. The molecule has 3 rings (SSSR count). The van der Waals surface area contributed by atoms with E-state index in [4.69, 9.17) is 0 Å². The van der Waals surface area contributed by atoms with E-state index < -0.39 is 0 Å². The molecule has 2 amide bonds. The van der Waals surface area contributed by atoms with Gasteiger partial charge in [0.05, 0.1) is 11.3 Å². The highest BCUT2D eigenvalue weighted by Crippen LogP contribution is 2.23. The lowest BCUT2D eigenvalue weighted by atomic mass is 10.0. The first-order valence-electron chi connectivity index (χ1n) is 7.59. The molecule has 2 N–H and O–H groups in total. The fraction of sp³-hybridized carbons (Fsp3) is 0.412. The van der Waals surface area contributed by atoms with Crippen molar-refractivity contribution < 1.29 is 9.59 Å². The van der Waals surface area contributed by atoms with Gasteiger partial charge in [0, 0.05) is 12.5 Å². The number of hydrogen-bond donors (Lipinski definition) is 2. The molecule has 0 aromatic heterocycles. The van der Waals surface area contributed by atoms with Crippen LogP contribution in [-0.4, -0.2) is 17.9 Å². The Labute approximate surface area is 124 Å². The molecule has 0 saturated heterocycles. The summed E-state index contributed by atoms with van der Waals surface area (Å²) in [5.41, 5.74) is 1.14. The van der Waals surface area contributed by atoms with Crippen molar-refractivity contribution in [2.75, 3.05) is 5.32 Å². The monoisotopic (exact) mass is 284 g/mol. The largest absolute Gasteiger partial charge is 0.349 e. The van der Waals surface area contributed by atoms with Gasteiger partial charge in [-0.1, -0.05) is 24.3 Å². The minimum Gasteiger partial charge on any atom is -0.349 e. The third kappa shape index (κ3) is 3.72. The number of para-hydroxylation sites is 1. The highest BCUT2D eigenvalue weighted by Gasteiger charge is 2.25. The number of allylic oxidation sites excluding steroid dienone is 2. The van der Waals surface area contributed by atoms with E-state index in [0.29, 0.717) is 29.6 Å². The second kappa shape index (κ2) is 6.12. The Bertz CT molecular complexity index is 576. The molecule has 4 heteroatoms. The van der Waals surface area contributed by atoms with Crippen LogP contribution in [0.4, 0.5) is 5.69 Å². The first-order valence-corrected chi connectivity index (χ1v) is 7.59. The molecule has 1 atom stereocenters. The minimum absolute atomic E-state index is 0.0294. The number of benzene rings is 1. The molecule has 0 radical (unpaired) electrons. The van der Waals surface area contributed by atoms with Crippen molar-refractivity contribution in [1.82, 2.24) is 5.32 Å². The van der Waals surface area contributed by atoms with Gasteiger partial charge in [-0.3, -0.25) is 9.59 Å². The molecule has 0 spiro atoms. The number of carbonyl (C=O) groups is 2. The van der Waals surface area contributed by atoms with E-state index in [2.05, 4.69) is 22.8 Å². The van der Waals surface area contributed by atoms with E-state index in [-0.39, 0.29) is 11.8 Å².